The molecule has 0 radical (unpaired) electrons. The second-order valence-electron chi connectivity index (χ2n) is 3.79. The first-order chi connectivity index (χ1) is 8.17. The van der Waals surface area contributed by atoms with E-state index in [0.717, 1.165) is 0 Å². The van der Waals surface area contributed by atoms with E-state index >= 15 is 0 Å². The average molecular weight is 274 g/mol. The van der Waals surface area contributed by atoms with Crippen LogP contribution in [0, 0.1) is 0 Å². The molecule has 0 amide bonds. The van der Waals surface area contributed by atoms with E-state index in [9.17, 15) is 4.79 Å². The van der Waals surface area contributed by atoms with Crippen molar-refractivity contribution in [1.29, 1.82) is 0 Å². The summed E-state index contributed by atoms with van der Waals surface area (Å²) >= 11 is 0. The van der Waals surface area contributed by atoms with Gasteiger partial charge in [0.05, 0.1) is 13.2 Å². The molecule has 6 heteroatoms. The smallest absolute Gasteiger partial charge is 0.231 e. The predicted octanol–water partition coefficient (Wildman–Crippen LogP) is 1.64. The van der Waals surface area contributed by atoms with Crippen LogP contribution in [0.5, 0.6) is 17.2 Å². The zero-order chi connectivity index (χ0) is 12.4. The Balaban J connectivity index is 0.00000162. The number of ether oxygens (including phenoxy) is 3. The van der Waals surface area contributed by atoms with Crippen molar-refractivity contribution in [3.05, 3.63) is 17.7 Å². The fourth-order valence-electron chi connectivity index (χ4n) is 1.65. The number of hydrogen-bond acceptors (Lipinski definition) is 5. The number of methoxy groups -OCH3 is 1. The van der Waals surface area contributed by atoms with Crippen molar-refractivity contribution in [3.8, 4) is 17.2 Å². The highest BCUT2D eigenvalue weighted by molar-refractivity contribution is 6.01. The molecular formula is C12H16ClNO4. The van der Waals surface area contributed by atoms with Crippen molar-refractivity contribution in [2.24, 2.45) is 0 Å². The van der Waals surface area contributed by atoms with Gasteiger partial charge in [-0.05, 0) is 26.1 Å². The number of likely N-dealkylation sites (N-methyl/N-ethyl adjacent to an activating group) is 1. The fourth-order valence-corrected chi connectivity index (χ4v) is 1.65. The van der Waals surface area contributed by atoms with Gasteiger partial charge in [0, 0.05) is 5.56 Å². The van der Waals surface area contributed by atoms with E-state index in [0.29, 0.717) is 22.8 Å². The van der Waals surface area contributed by atoms with Crippen LogP contribution in [0.4, 0.5) is 0 Å². The van der Waals surface area contributed by atoms with Crippen LogP contribution in [-0.4, -0.2) is 32.8 Å². The van der Waals surface area contributed by atoms with Crippen molar-refractivity contribution in [2.45, 2.75) is 13.0 Å². The normalized spacial score (nSPS) is 13.7. The first kappa shape index (κ1) is 14.6. The number of carbonyl (C=O) groups is 1. The van der Waals surface area contributed by atoms with Gasteiger partial charge in [-0.1, -0.05) is 0 Å². The molecule has 0 saturated heterocycles. The topological polar surface area (TPSA) is 56.8 Å². The van der Waals surface area contributed by atoms with Gasteiger partial charge in [0.2, 0.25) is 12.5 Å². The maximum absolute atomic E-state index is 12.0. The molecule has 0 aliphatic carbocycles. The molecule has 0 saturated carbocycles. The van der Waals surface area contributed by atoms with Gasteiger partial charge < -0.3 is 19.5 Å². The molecule has 0 bridgehead atoms. The molecule has 5 nitrogen and oxygen atoms in total. The van der Waals surface area contributed by atoms with Crippen molar-refractivity contribution >= 4 is 18.2 Å². The van der Waals surface area contributed by atoms with Gasteiger partial charge in [0.25, 0.3) is 0 Å². The van der Waals surface area contributed by atoms with E-state index in [1.54, 1.807) is 26.1 Å². The molecule has 1 atom stereocenters. The Hall–Kier alpha value is -1.46. The second-order valence-corrected chi connectivity index (χ2v) is 3.79. The number of carbonyl (C=O) groups excluding carboxylic acids is 1. The highest BCUT2D eigenvalue weighted by Crippen LogP contribution is 2.41. The van der Waals surface area contributed by atoms with E-state index in [-0.39, 0.29) is 31.0 Å². The van der Waals surface area contributed by atoms with Crippen LogP contribution in [0.2, 0.25) is 0 Å². The minimum Gasteiger partial charge on any atom is -0.493 e. The zero-order valence-electron chi connectivity index (χ0n) is 10.5. The number of rotatable bonds is 4. The summed E-state index contributed by atoms with van der Waals surface area (Å²) in [7, 11) is 3.28. The van der Waals surface area contributed by atoms with Crippen molar-refractivity contribution in [3.63, 3.8) is 0 Å². The Kier molecular flexibility index (Phi) is 4.81. The lowest BCUT2D eigenvalue weighted by Gasteiger charge is -2.11. The standard InChI is InChI=1S/C12H15NO4.ClH/c1-7(13-2)11(14)8-4-9(15-3)12-10(5-8)16-6-17-12;/h4-5,7,13H,6H2,1-3H3;1H. The van der Waals surface area contributed by atoms with E-state index in [4.69, 9.17) is 14.2 Å². The summed E-state index contributed by atoms with van der Waals surface area (Å²) in [6, 6.07) is 3.10. The number of ketones is 1. The van der Waals surface area contributed by atoms with Gasteiger partial charge in [-0.2, -0.15) is 0 Å². The summed E-state index contributed by atoms with van der Waals surface area (Å²) in [5.74, 6) is 1.62. The number of halogens is 1. The lowest BCUT2D eigenvalue weighted by atomic mass is 10.0. The Morgan fingerprint density at radius 2 is 2.17 bits per heavy atom. The van der Waals surface area contributed by atoms with Crippen LogP contribution in [0.15, 0.2) is 12.1 Å². The summed E-state index contributed by atoms with van der Waals surface area (Å²) < 4.78 is 15.7. The Morgan fingerprint density at radius 3 is 2.78 bits per heavy atom. The summed E-state index contributed by atoms with van der Waals surface area (Å²) in [5, 5.41) is 2.91. The maximum Gasteiger partial charge on any atom is 0.231 e. The Bertz CT molecular complexity index is 450. The summed E-state index contributed by atoms with van der Waals surface area (Å²) in [4.78, 5) is 12.0. The van der Waals surface area contributed by atoms with E-state index in [1.165, 1.54) is 7.11 Å². The van der Waals surface area contributed by atoms with Crippen molar-refractivity contribution in [1.82, 2.24) is 5.32 Å². The molecule has 18 heavy (non-hydrogen) atoms. The molecule has 1 unspecified atom stereocenters. The van der Waals surface area contributed by atoms with Crippen LogP contribution in [0.25, 0.3) is 0 Å². The predicted molar refractivity (Wildman–Crippen MR) is 69.2 cm³/mol. The van der Waals surface area contributed by atoms with Crippen LogP contribution in [-0.2, 0) is 0 Å². The fraction of sp³-hybridized carbons (Fsp3) is 0.417. The first-order valence-electron chi connectivity index (χ1n) is 5.36. The maximum atomic E-state index is 12.0. The van der Waals surface area contributed by atoms with E-state index < -0.39 is 0 Å². The van der Waals surface area contributed by atoms with Crippen molar-refractivity contribution in [2.75, 3.05) is 21.0 Å². The van der Waals surface area contributed by atoms with Gasteiger partial charge in [-0.25, -0.2) is 0 Å². The van der Waals surface area contributed by atoms with Crippen LogP contribution >= 0.6 is 12.4 Å². The highest BCUT2D eigenvalue weighted by atomic mass is 35.5. The molecule has 1 aromatic carbocycles. The van der Waals surface area contributed by atoms with Gasteiger partial charge in [-0.3, -0.25) is 4.79 Å². The molecule has 2 rings (SSSR count). The van der Waals surface area contributed by atoms with Crippen molar-refractivity contribution < 1.29 is 19.0 Å². The molecule has 1 N–H and O–H groups in total. The average Bonchev–Trinajstić information content (AvgIpc) is 2.83. The molecule has 0 aromatic heterocycles. The molecule has 0 fully saturated rings. The third kappa shape index (κ3) is 2.52. The quantitative estimate of drug-likeness (QED) is 0.845. The molecule has 1 heterocycles. The van der Waals surface area contributed by atoms with Gasteiger partial charge >= 0.3 is 0 Å². The number of Topliss-reactive ketones (excluding diaryl/α,β-unsaturated/α-hetero) is 1. The number of fused-ring (bicyclic) bond motifs is 1. The molecular weight excluding hydrogens is 258 g/mol. The molecule has 100 valence electrons. The van der Waals surface area contributed by atoms with E-state index in [2.05, 4.69) is 5.32 Å². The lowest BCUT2D eigenvalue weighted by Crippen LogP contribution is -2.30. The minimum atomic E-state index is -0.250. The largest absolute Gasteiger partial charge is 0.493 e. The second kappa shape index (κ2) is 5.93. The molecule has 1 aromatic rings. The Morgan fingerprint density at radius 1 is 1.44 bits per heavy atom. The summed E-state index contributed by atoms with van der Waals surface area (Å²) in [5.41, 5.74) is 0.549. The SMILES string of the molecule is CNC(C)C(=O)c1cc(OC)c2c(c1)OCO2.Cl. The first-order valence-corrected chi connectivity index (χ1v) is 5.36. The zero-order valence-corrected chi connectivity index (χ0v) is 11.3. The third-order valence-electron chi connectivity index (χ3n) is 2.77. The Labute approximate surface area is 112 Å². The van der Waals surface area contributed by atoms with Gasteiger partial charge in [-0.15, -0.1) is 12.4 Å². The number of nitrogens with one attached hydrogen (secondary N) is 1. The highest BCUT2D eigenvalue weighted by Gasteiger charge is 2.23. The van der Waals surface area contributed by atoms with Crippen LogP contribution < -0.4 is 19.5 Å². The number of hydrogen-bond donors (Lipinski definition) is 1. The third-order valence-corrected chi connectivity index (χ3v) is 2.77. The summed E-state index contributed by atoms with van der Waals surface area (Å²) in [6.07, 6.45) is 0. The molecule has 0 spiro atoms. The van der Waals surface area contributed by atoms with Gasteiger partial charge in [0.15, 0.2) is 17.3 Å². The molecule has 1 aliphatic rings. The minimum absolute atomic E-state index is 0. The summed E-state index contributed by atoms with van der Waals surface area (Å²) in [6.45, 7) is 1.96. The lowest BCUT2D eigenvalue weighted by molar-refractivity contribution is 0.0954. The van der Waals surface area contributed by atoms with Crippen LogP contribution in [0.3, 0.4) is 0 Å². The molecule has 1 aliphatic heterocycles. The monoisotopic (exact) mass is 273 g/mol. The van der Waals surface area contributed by atoms with Crippen LogP contribution in [0.1, 0.15) is 17.3 Å². The van der Waals surface area contributed by atoms with Gasteiger partial charge in [0.1, 0.15) is 0 Å². The van der Waals surface area contributed by atoms with E-state index in [1.807, 2.05) is 0 Å². The number of benzene rings is 1.